The van der Waals surface area contributed by atoms with Crippen LogP contribution in [0.3, 0.4) is 0 Å². The molecule has 2 aromatic rings. The van der Waals surface area contributed by atoms with E-state index in [0.29, 0.717) is 0 Å². The average molecular weight is 391 g/mol. The second-order valence-corrected chi connectivity index (χ2v) is 10.8. The van der Waals surface area contributed by atoms with E-state index in [9.17, 15) is 0 Å². The molecule has 0 bridgehead atoms. The topological polar surface area (TPSA) is 36.9 Å². The van der Waals surface area contributed by atoms with Gasteiger partial charge in [-0.25, -0.2) is 0 Å². The predicted octanol–water partition coefficient (Wildman–Crippen LogP) is 3.60. The fraction of sp³-hybridized carbons (Fsp3) is 0.250. The summed E-state index contributed by atoms with van der Waals surface area (Å²) in [5.41, 5.74) is 4.50. The molecule has 0 radical (unpaired) electrons. The second-order valence-electron chi connectivity index (χ2n) is 5.58. The van der Waals surface area contributed by atoms with Crippen LogP contribution in [0.1, 0.15) is 22.3 Å². The van der Waals surface area contributed by atoms with Crippen LogP contribution >= 0.6 is 0 Å². The summed E-state index contributed by atoms with van der Waals surface area (Å²) < 4.78 is 24.2. The molecule has 2 aliphatic rings. The average Bonchev–Trinajstić information content (AvgIpc) is 3.00. The molecule has 2 aromatic carbocycles. The van der Waals surface area contributed by atoms with Crippen molar-refractivity contribution in [2.45, 2.75) is 27.7 Å². The number of benzene rings is 2. The van der Waals surface area contributed by atoms with E-state index in [2.05, 4.69) is 13.8 Å². The van der Waals surface area contributed by atoms with Crippen LogP contribution in [0.25, 0.3) is 0 Å². The van der Waals surface area contributed by atoms with Gasteiger partial charge in [0, 0.05) is 0 Å². The second kappa shape index (κ2) is 4.22. The van der Waals surface area contributed by atoms with Crippen LogP contribution in [0.15, 0.2) is 24.3 Å². The van der Waals surface area contributed by atoms with E-state index in [1.807, 2.05) is 38.1 Å². The van der Waals surface area contributed by atoms with Gasteiger partial charge < -0.3 is 0 Å². The zero-order chi connectivity index (χ0) is 14.8. The Morgan fingerprint density at radius 1 is 0.619 bits per heavy atom. The zero-order valence-corrected chi connectivity index (χ0v) is 15.3. The van der Waals surface area contributed by atoms with Crippen LogP contribution < -0.4 is 12.3 Å². The molecule has 4 rings (SSSR count). The van der Waals surface area contributed by atoms with E-state index >= 15 is 0 Å². The van der Waals surface area contributed by atoms with Crippen molar-refractivity contribution in [3.8, 4) is 23.0 Å². The summed E-state index contributed by atoms with van der Waals surface area (Å²) in [5.74, 6) is 3.01. The molecule has 0 fully saturated rings. The first-order valence-electron chi connectivity index (χ1n) is 6.95. The van der Waals surface area contributed by atoms with Gasteiger partial charge in [-0.3, -0.25) is 0 Å². The van der Waals surface area contributed by atoms with Gasteiger partial charge >= 0.3 is 130 Å². The van der Waals surface area contributed by atoms with E-state index in [1.54, 1.807) is 0 Å². The van der Waals surface area contributed by atoms with Crippen LogP contribution in [0.5, 0.6) is 23.0 Å². The van der Waals surface area contributed by atoms with E-state index in [4.69, 9.17) is 12.3 Å². The van der Waals surface area contributed by atoms with Crippen molar-refractivity contribution in [3.05, 3.63) is 46.5 Å². The number of aryl methyl sites for hydroxylation is 2. The first-order chi connectivity index (χ1) is 9.99. The summed E-state index contributed by atoms with van der Waals surface area (Å²) in [6.07, 6.45) is 0. The van der Waals surface area contributed by atoms with Crippen molar-refractivity contribution in [2.24, 2.45) is 0 Å². The molecule has 1 spiro atoms. The number of hydrogen-bond donors (Lipinski definition) is 0. The molecule has 4 nitrogen and oxygen atoms in total. The third-order valence-corrected chi connectivity index (χ3v) is 9.48. The summed E-state index contributed by atoms with van der Waals surface area (Å²) >= 11 is -4.04. The normalized spacial score (nSPS) is 16.6. The molecular weight excluding hydrogens is 375 g/mol. The summed E-state index contributed by atoms with van der Waals surface area (Å²) in [7, 11) is 0. The van der Waals surface area contributed by atoms with Crippen molar-refractivity contribution in [2.75, 3.05) is 0 Å². The molecule has 108 valence electrons. The maximum atomic E-state index is 6.09. The van der Waals surface area contributed by atoms with E-state index < -0.39 is 20.0 Å². The van der Waals surface area contributed by atoms with Crippen molar-refractivity contribution >= 4 is 20.0 Å². The first kappa shape index (κ1) is 13.1. The Balaban J connectivity index is 1.75. The third-order valence-electron chi connectivity index (χ3n) is 4.21. The number of fused-ring (bicyclic) bond motifs is 2. The Labute approximate surface area is 129 Å². The van der Waals surface area contributed by atoms with Gasteiger partial charge in [-0.2, -0.15) is 0 Å². The fourth-order valence-electron chi connectivity index (χ4n) is 2.59. The van der Waals surface area contributed by atoms with Crippen molar-refractivity contribution < 1.29 is 12.3 Å². The summed E-state index contributed by atoms with van der Waals surface area (Å²) in [6.45, 7) is 8.16. The first-order valence-corrected chi connectivity index (χ1v) is 11.6. The van der Waals surface area contributed by atoms with Crippen LogP contribution in [0.4, 0.5) is 0 Å². The van der Waals surface area contributed by atoms with Crippen molar-refractivity contribution in [1.82, 2.24) is 0 Å². The molecule has 0 saturated carbocycles. The molecular formula is C16H16O4Sn. The number of rotatable bonds is 0. The van der Waals surface area contributed by atoms with E-state index in [0.717, 1.165) is 34.1 Å². The SMILES string of the molecule is Cc1ccc2c(c1C)[O][Sn]1([O]2)[O]c2ccc(C)c(C)c2[O]1. The van der Waals surface area contributed by atoms with Gasteiger partial charge in [0.25, 0.3) is 0 Å². The standard InChI is InChI=1S/2C8H10O2.Sn/c2*1-5-3-4-7(9)8(10)6(5)2;/h2*3-4,9-10H,1-2H3;/q;;+4/p-4. The Hall–Kier alpha value is -1.56. The molecule has 0 saturated heterocycles. The molecule has 0 atom stereocenters. The molecule has 0 unspecified atom stereocenters. The van der Waals surface area contributed by atoms with Crippen molar-refractivity contribution in [1.29, 1.82) is 0 Å². The Morgan fingerprint density at radius 2 is 1.05 bits per heavy atom. The molecule has 21 heavy (non-hydrogen) atoms. The van der Waals surface area contributed by atoms with Crippen LogP contribution in [0, 0.1) is 27.7 Å². The molecule has 0 amide bonds. The molecule has 2 aliphatic heterocycles. The van der Waals surface area contributed by atoms with Gasteiger partial charge in [0.15, 0.2) is 0 Å². The van der Waals surface area contributed by atoms with Crippen LogP contribution in [0.2, 0.25) is 0 Å². The molecule has 0 aromatic heterocycles. The molecule has 0 aliphatic carbocycles. The van der Waals surface area contributed by atoms with Crippen LogP contribution in [-0.4, -0.2) is 20.0 Å². The third kappa shape index (κ3) is 1.81. The minimum atomic E-state index is -4.04. The van der Waals surface area contributed by atoms with Gasteiger partial charge in [0.1, 0.15) is 0 Å². The van der Waals surface area contributed by atoms with E-state index in [-0.39, 0.29) is 0 Å². The Morgan fingerprint density at radius 3 is 1.48 bits per heavy atom. The Bertz CT molecular complexity index is 704. The van der Waals surface area contributed by atoms with Gasteiger partial charge in [0.05, 0.1) is 0 Å². The zero-order valence-electron chi connectivity index (χ0n) is 12.4. The Kier molecular flexibility index (Phi) is 2.64. The predicted molar refractivity (Wildman–Crippen MR) is 80.1 cm³/mol. The summed E-state index contributed by atoms with van der Waals surface area (Å²) in [5, 5.41) is 0. The van der Waals surface area contributed by atoms with E-state index in [1.165, 1.54) is 11.1 Å². The minimum absolute atomic E-state index is 0.732. The van der Waals surface area contributed by atoms with Gasteiger partial charge in [-0.05, 0) is 0 Å². The van der Waals surface area contributed by atoms with Crippen LogP contribution in [-0.2, 0) is 0 Å². The number of hydrogen-bond acceptors (Lipinski definition) is 4. The van der Waals surface area contributed by atoms with Gasteiger partial charge in [-0.1, -0.05) is 0 Å². The molecule has 0 N–H and O–H groups in total. The summed E-state index contributed by atoms with van der Waals surface area (Å²) in [4.78, 5) is 0. The molecule has 5 heteroatoms. The molecule has 2 heterocycles. The maximum absolute atomic E-state index is 6.09. The monoisotopic (exact) mass is 392 g/mol. The summed E-state index contributed by atoms with van der Waals surface area (Å²) in [6, 6.07) is 7.91. The fourth-order valence-corrected chi connectivity index (χ4v) is 8.63. The quantitative estimate of drug-likeness (QED) is 0.644. The van der Waals surface area contributed by atoms with Gasteiger partial charge in [0.2, 0.25) is 0 Å². The van der Waals surface area contributed by atoms with Crippen molar-refractivity contribution in [3.63, 3.8) is 0 Å². The van der Waals surface area contributed by atoms with Gasteiger partial charge in [-0.15, -0.1) is 0 Å².